The molecule has 1 aromatic rings. The minimum Gasteiger partial charge on any atom is -0.386 e. The zero-order valence-corrected chi connectivity index (χ0v) is 6.10. The quantitative estimate of drug-likeness (QED) is 0.634. The molecule has 0 bridgehead atoms. The summed E-state index contributed by atoms with van der Waals surface area (Å²) in [5.41, 5.74) is 0.439. The van der Waals surface area contributed by atoms with Crippen molar-refractivity contribution in [1.29, 1.82) is 5.26 Å². The normalized spacial score (nSPS) is 12.5. The van der Waals surface area contributed by atoms with Gasteiger partial charge in [-0.2, -0.15) is 5.26 Å². The van der Waals surface area contributed by atoms with E-state index < -0.39 is 6.10 Å². The lowest BCUT2D eigenvalue weighted by molar-refractivity contribution is 0.178. The highest BCUT2D eigenvalue weighted by Crippen LogP contribution is 2.10. The Morgan fingerprint density at radius 3 is 3.09 bits per heavy atom. The van der Waals surface area contributed by atoms with Crippen LogP contribution in [0.3, 0.4) is 0 Å². The topological polar surface area (TPSA) is 74.7 Å². The Bertz CT molecular complexity index is 274. The van der Waals surface area contributed by atoms with Gasteiger partial charge in [0.15, 0.2) is 0 Å². The number of aromatic nitrogens is 3. The van der Waals surface area contributed by atoms with E-state index in [-0.39, 0.29) is 6.42 Å². The predicted octanol–water partition coefficient (Wildman–Crippen LogP) is -0.238. The van der Waals surface area contributed by atoms with Crippen molar-refractivity contribution in [3.05, 3.63) is 11.9 Å². The van der Waals surface area contributed by atoms with Crippen LogP contribution in [0, 0.1) is 11.3 Å². The van der Waals surface area contributed by atoms with Crippen LogP contribution in [0.5, 0.6) is 0 Å². The number of aryl methyl sites for hydroxylation is 1. The Morgan fingerprint density at radius 2 is 2.64 bits per heavy atom. The maximum Gasteiger partial charge on any atom is 0.112 e. The van der Waals surface area contributed by atoms with E-state index in [9.17, 15) is 5.11 Å². The van der Waals surface area contributed by atoms with Gasteiger partial charge in [0.2, 0.25) is 0 Å². The fraction of sp³-hybridized carbons (Fsp3) is 0.500. The second-order valence-electron chi connectivity index (χ2n) is 2.20. The van der Waals surface area contributed by atoms with Gasteiger partial charge in [-0.15, -0.1) is 5.10 Å². The molecule has 1 aromatic heterocycles. The summed E-state index contributed by atoms with van der Waals surface area (Å²) < 4.78 is 1.48. The second kappa shape index (κ2) is 3.12. The largest absolute Gasteiger partial charge is 0.386 e. The second-order valence-corrected chi connectivity index (χ2v) is 2.20. The number of nitriles is 1. The van der Waals surface area contributed by atoms with Gasteiger partial charge < -0.3 is 5.11 Å². The molecule has 11 heavy (non-hydrogen) atoms. The Morgan fingerprint density at radius 1 is 1.91 bits per heavy atom. The van der Waals surface area contributed by atoms with Crippen LogP contribution in [0.15, 0.2) is 6.20 Å². The highest BCUT2D eigenvalue weighted by molar-refractivity contribution is 4.99. The van der Waals surface area contributed by atoms with E-state index in [0.717, 1.165) is 0 Å². The van der Waals surface area contributed by atoms with Crippen LogP contribution in [0.4, 0.5) is 0 Å². The molecule has 0 amide bonds. The van der Waals surface area contributed by atoms with Gasteiger partial charge in [0.05, 0.1) is 18.7 Å². The molecule has 0 aliphatic heterocycles. The Labute approximate surface area is 63.9 Å². The van der Waals surface area contributed by atoms with E-state index in [2.05, 4.69) is 10.3 Å². The third-order valence-electron chi connectivity index (χ3n) is 1.25. The van der Waals surface area contributed by atoms with Crippen molar-refractivity contribution in [1.82, 2.24) is 15.0 Å². The third kappa shape index (κ3) is 1.75. The molecule has 0 aromatic carbocycles. The molecule has 0 fully saturated rings. The van der Waals surface area contributed by atoms with Crippen molar-refractivity contribution >= 4 is 0 Å². The number of hydrogen-bond acceptors (Lipinski definition) is 4. The first kappa shape index (κ1) is 7.69. The SMILES string of the molecule is Cn1cc(C(O)CC#N)nn1. The summed E-state index contributed by atoms with van der Waals surface area (Å²) in [4.78, 5) is 0. The summed E-state index contributed by atoms with van der Waals surface area (Å²) in [6.07, 6.45) is 0.828. The Kier molecular flexibility index (Phi) is 2.18. The van der Waals surface area contributed by atoms with E-state index in [1.807, 2.05) is 6.07 Å². The number of hydrogen-bond donors (Lipinski definition) is 1. The molecule has 58 valence electrons. The van der Waals surface area contributed by atoms with E-state index in [4.69, 9.17) is 5.26 Å². The van der Waals surface area contributed by atoms with E-state index in [1.165, 1.54) is 4.68 Å². The van der Waals surface area contributed by atoms with Crippen LogP contribution in [0.1, 0.15) is 18.2 Å². The predicted molar refractivity (Wildman–Crippen MR) is 36.2 cm³/mol. The van der Waals surface area contributed by atoms with Crippen molar-refractivity contribution in [2.75, 3.05) is 0 Å². The van der Waals surface area contributed by atoms with Gasteiger partial charge in [0.1, 0.15) is 11.8 Å². The van der Waals surface area contributed by atoms with Crippen LogP contribution < -0.4 is 0 Å². The lowest BCUT2D eigenvalue weighted by Gasteiger charge is -1.97. The van der Waals surface area contributed by atoms with Crippen LogP contribution in [0.2, 0.25) is 0 Å². The molecule has 0 spiro atoms. The molecule has 1 N–H and O–H groups in total. The third-order valence-corrected chi connectivity index (χ3v) is 1.25. The molecule has 0 saturated carbocycles. The highest BCUT2D eigenvalue weighted by atomic mass is 16.3. The number of nitrogens with zero attached hydrogens (tertiary/aromatic N) is 4. The van der Waals surface area contributed by atoms with Crippen LogP contribution >= 0.6 is 0 Å². The van der Waals surface area contributed by atoms with Gasteiger partial charge in [-0.1, -0.05) is 5.21 Å². The average Bonchev–Trinajstić information content (AvgIpc) is 2.36. The molecular weight excluding hydrogens is 144 g/mol. The van der Waals surface area contributed by atoms with Crippen molar-refractivity contribution in [2.24, 2.45) is 7.05 Å². The molecule has 1 heterocycles. The maximum atomic E-state index is 9.20. The van der Waals surface area contributed by atoms with E-state index in [1.54, 1.807) is 13.2 Å². The van der Waals surface area contributed by atoms with Gasteiger partial charge in [0.25, 0.3) is 0 Å². The lowest BCUT2D eigenvalue weighted by Crippen LogP contribution is -1.95. The summed E-state index contributed by atoms with van der Waals surface area (Å²) in [6, 6.07) is 1.85. The monoisotopic (exact) mass is 152 g/mol. The van der Waals surface area contributed by atoms with Gasteiger partial charge in [0, 0.05) is 7.05 Å². The molecule has 1 rings (SSSR count). The first-order valence-electron chi connectivity index (χ1n) is 3.15. The lowest BCUT2D eigenvalue weighted by atomic mass is 10.2. The highest BCUT2D eigenvalue weighted by Gasteiger charge is 2.09. The van der Waals surface area contributed by atoms with Gasteiger partial charge in [-0.05, 0) is 0 Å². The first-order chi connectivity index (χ1) is 5.24. The van der Waals surface area contributed by atoms with E-state index >= 15 is 0 Å². The van der Waals surface area contributed by atoms with Gasteiger partial charge in [-0.25, -0.2) is 0 Å². The molecule has 0 aliphatic carbocycles. The van der Waals surface area contributed by atoms with Crippen molar-refractivity contribution in [3.8, 4) is 6.07 Å². The van der Waals surface area contributed by atoms with Gasteiger partial charge in [-0.3, -0.25) is 4.68 Å². The summed E-state index contributed by atoms with van der Waals surface area (Å²) in [5.74, 6) is 0. The first-order valence-corrected chi connectivity index (χ1v) is 3.15. The summed E-state index contributed by atoms with van der Waals surface area (Å²) in [7, 11) is 1.70. The van der Waals surface area contributed by atoms with Crippen LogP contribution in [-0.4, -0.2) is 20.1 Å². The zero-order valence-electron chi connectivity index (χ0n) is 6.10. The molecule has 5 heteroatoms. The maximum absolute atomic E-state index is 9.20. The summed E-state index contributed by atoms with van der Waals surface area (Å²) in [5, 5.41) is 24.7. The molecule has 1 unspecified atom stereocenters. The number of rotatable bonds is 2. The molecule has 5 nitrogen and oxygen atoms in total. The number of aliphatic hydroxyl groups excluding tert-OH is 1. The minimum atomic E-state index is -0.811. The average molecular weight is 152 g/mol. The smallest absolute Gasteiger partial charge is 0.112 e. The minimum absolute atomic E-state index is 0.0543. The molecule has 0 saturated heterocycles. The Hall–Kier alpha value is -1.41. The summed E-state index contributed by atoms with van der Waals surface area (Å²) >= 11 is 0. The van der Waals surface area contributed by atoms with Crippen molar-refractivity contribution in [2.45, 2.75) is 12.5 Å². The summed E-state index contributed by atoms with van der Waals surface area (Å²) in [6.45, 7) is 0. The van der Waals surface area contributed by atoms with Crippen LogP contribution in [-0.2, 0) is 7.05 Å². The zero-order chi connectivity index (χ0) is 8.27. The van der Waals surface area contributed by atoms with Crippen molar-refractivity contribution in [3.63, 3.8) is 0 Å². The Balaban J connectivity index is 2.70. The molecule has 0 aliphatic rings. The molecule has 1 atom stereocenters. The number of aliphatic hydroxyl groups is 1. The van der Waals surface area contributed by atoms with E-state index in [0.29, 0.717) is 5.69 Å². The fourth-order valence-electron chi connectivity index (χ4n) is 0.709. The molecular formula is C6H8N4O. The molecule has 0 radical (unpaired) electrons. The van der Waals surface area contributed by atoms with Crippen LogP contribution in [0.25, 0.3) is 0 Å². The fourth-order valence-corrected chi connectivity index (χ4v) is 0.709. The standard InChI is InChI=1S/C6H8N4O/c1-10-4-5(8-9-10)6(11)2-3-7/h4,6,11H,2H2,1H3. The van der Waals surface area contributed by atoms with Gasteiger partial charge >= 0.3 is 0 Å². The van der Waals surface area contributed by atoms with Crippen molar-refractivity contribution < 1.29 is 5.11 Å².